The van der Waals surface area contributed by atoms with Crippen molar-refractivity contribution >= 4 is 11.6 Å². The molecule has 0 radical (unpaired) electrons. The lowest BCUT2D eigenvalue weighted by molar-refractivity contribution is 0.507. The van der Waals surface area contributed by atoms with Gasteiger partial charge in [0.05, 0.1) is 23.0 Å². The van der Waals surface area contributed by atoms with Crippen molar-refractivity contribution in [1.82, 2.24) is 15.2 Å². The van der Waals surface area contributed by atoms with Crippen LogP contribution >= 0.6 is 11.6 Å². The highest BCUT2D eigenvalue weighted by Gasteiger charge is 2.18. The van der Waals surface area contributed by atoms with Crippen LogP contribution in [0.15, 0.2) is 30.5 Å². The number of nitrogens with one attached hydrogen (secondary N) is 1. The summed E-state index contributed by atoms with van der Waals surface area (Å²) in [6.45, 7) is 0. The zero-order valence-corrected chi connectivity index (χ0v) is 10.7. The summed E-state index contributed by atoms with van der Waals surface area (Å²) in [6.07, 6.45) is 2.10. The first-order valence-electron chi connectivity index (χ1n) is 5.49. The van der Waals surface area contributed by atoms with Crippen molar-refractivity contribution in [3.05, 3.63) is 52.6 Å². The van der Waals surface area contributed by atoms with Crippen molar-refractivity contribution in [2.45, 2.75) is 12.5 Å². The molecule has 1 aromatic heterocycles. The van der Waals surface area contributed by atoms with E-state index in [0.29, 0.717) is 11.4 Å². The summed E-state index contributed by atoms with van der Waals surface area (Å²) in [5.41, 5.74) is 4.31. The van der Waals surface area contributed by atoms with Crippen molar-refractivity contribution in [3.63, 3.8) is 0 Å². The standard InChI is InChI=1S/C12H14ClFN4/c1-18-12(10(13)7-16-18)11(17-15)6-8-3-2-4-9(14)5-8/h2-5,7,11,17H,6,15H2,1H3. The van der Waals surface area contributed by atoms with Gasteiger partial charge >= 0.3 is 0 Å². The number of benzene rings is 1. The molecule has 3 N–H and O–H groups in total. The molecule has 2 rings (SSSR count). The maximum absolute atomic E-state index is 13.1. The number of aromatic nitrogens is 2. The Kier molecular flexibility index (Phi) is 3.96. The van der Waals surface area contributed by atoms with E-state index in [4.69, 9.17) is 17.4 Å². The average molecular weight is 269 g/mol. The second-order valence-electron chi connectivity index (χ2n) is 4.05. The minimum Gasteiger partial charge on any atom is -0.271 e. The molecule has 0 saturated heterocycles. The monoisotopic (exact) mass is 268 g/mol. The number of hydrazine groups is 1. The third-order valence-corrected chi connectivity index (χ3v) is 3.09. The molecule has 18 heavy (non-hydrogen) atoms. The van der Waals surface area contributed by atoms with E-state index in [2.05, 4.69) is 10.5 Å². The van der Waals surface area contributed by atoms with Crippen LogP contribution in [0.5, 0.6) is 0 Å². The first-order chi connectivity index (χ1) is 8.61. The van der Waals surface area contributed by atoms with E-state index in [-0.39, 0.29) is 11.9 Å². The zero-order valence-electron chi connectivity index (χ0n) is 9.90. The SMILES string of the molecule is Cn1ncc(Cl)c1C(Cc1cccc(F)c1)NN. The Bertz CT molecular complexity index is 521. The maximum Gasteiger partial charge on any atom is 0.123 e. The van der Waals surface area contributed by atoms with E-state index >= 15 is 0 Å². The van der Waals surface area contributed by atoms with Gasteiger partial charge in [-0.25, -0.2) is 4.39 Å². The van der Waals surface area contributed by atoms with Crippen molar-refractivity contribution in [3.8, 4) is 0 Å². The summed E-state index contributed by atoms with van der Waals surface area (Å²) >= 11 is 6.06. The molecule has 1 aromatic carbocycles. The minimum absolute atomic E-state index is 0.216. The number of nitrogens with two attached hydrogens (primary N) is 1. The molecule has 0 aliphatic heterocycles. The Morgan fingerprint density at radius 2 is 2.33 bits per heavy atom. The van der Waals surface area contributed by atoms with Gasteiger partial charge in [0.2, 0.25) is 0 Å². The highest BCUT2D eigenvalue weighted by Crippen LogP contribution is 2.24. The van der Waals surface area contributed by atoms with Crippen molar-refractivity contribution < 1.29 is 4.39 Å². The molecule has 1 atom stereocenters. The number of rotatable bonds is 4. The number of aryl methyl sites for hydroxylation is 1. The van der Waals surface area contributed by atoms with E-state index in [9.17, 15) is 4.39 Å². The summed E-state index contributed by atoms with van der Waals surface area (Å²) in [4.78, 5) is 0. The van der Waals surface area contributed by atoms with Gasteiger partial charge in [-0.15, -0.1) is 0 Å². The van der Waals surface area contributed by atoms with E-state index in [1.807, 2.05) is 6.07 Å². The van der Waals surface area contributed by atoms with Gasteiger partial charge in [0, 0.05) is 7.05 Å². The van der Waals surface area contributed by atoms with E-state index < -0.39 is 0 Å². The van der Waals surface area contributed by atoms with Crippen LogP contribution in [0.25, 0.3) is 0 Å². The molecule has 96 valence electrons. The molecule has 0 fully saturated rings. The Hall–Kier alpha value is -1.43. The Balaban J connectivity index is 2.25. The molecule has 1 heterocycles. The van der Waals surface area contributed by atoms with Gasteiger partial charge in [0.1, 0.15) is 5.82 Å². The number of hydrogen-bond donors (Lipinski definition) is 2. The average Bonchev–Trinajstić information content (AvgIpc) is 2.67. The fourth-order valence-corrected chi connectivity index (χ4v) is 2.24. The molecule has 0 bridgehead atoms. The van der Waals surface area contributed by atoms with Crippen LogP contribution in [-0.2, 0) is 13.5 Å². The van der Waals surface area contributed by atoms with Gasteiger partial charge in [-0.3, -0.25) is 16.0 Å². The van der Waals surface area contributed by atoms with Crippen molar-refractivity contribution in [1.29, 1.82) is 0 Å². The smallest absolute Gasteiger partial charge is 0.123 e. The summed E-state index contributed by atoms with van der Waals surface area (Å²) in [5, 5.41) is 4.60. The van der Waals surface area contributed by atoms with Crippen molar-refractivity contribution in [2.24, 2.45) is 12.9 Å². The van der Waals surface area contributed by atoms with Gasteiger partial charge in [-0.2, -0.15) is 5.10 Å². The molecule has 1 unspecified atom stereocenters. The van der Waals surface area contributed by atoms with Gasteiger partial charge in [-0.1, -0.05) is 23.7 Å². The molecule has 0 amide bonds. The summed E-state index contributed by atoms with van der Waals surface area (Å²) in [5.74, 6) is 5.28. The largest absolute Gasteiger partial charge is 0.271 e. The molecule has 6 heteroatoms. The molecule has 0 aliphatic carbocycles. The number of hydrogen-bond acceptors (Lipinski definition) is 3. The van der Waals surface area contributed by atoms with Crippen LogP contribution in [0.4, 0.5) is 4.39 Å². The van der Waals surface area contributed by atoms with Crippen LogP contribution in [0.3, 0.4) is 0 Å². The van der Waals surface area contributed by atoms with E-state index in [0.717, 1.165) is 11.3 Å². The lowest BCUT2D eigenvalue weighted by atomic mass is 10.0. The molecular weight excluding hydrogens is 255 g/mol. The second kappa shape index (κ2) is 5.48. The molecular formula is C12H14ClFN4. The Morgan fingerprint density at radius 3 is 2.89 bits per heavy atom. The highest BCUT2D eigenvalue weighted by atomic mass is 35.5. The van der Waals surface area contributed by atoms with Crippen LogP contribution in [0.1, 0.15) is 17.3 Å². The normalized spacial score (nSPS) is 12.7. The molecule has 0 spiro atoms. The van der Waals surface area contributed by atoms with Gasteiger partial charge in [0.25, 0.3) is 0 Å². The minimum atomic E-state index is -0.264. The van der Waals surface area contributed by atoms with Crippen LogP contribution in [0, 0.1) is 5.82 Å². The number of nitrogens with zero attached hydrogens (tertiary/aromatic N) is 2. The summed E-state index contributed by atoms with van der Waals surface area (Å²) in [6, 6.07) is 6.19. The fourth-order valence-electron chi connectivity index (χ4n) is 1.95. The van der Waals surface area contributed by atoms with Gasteiger partial charge in [0.15, 0.2) is 0 Å². The molecule has 4 nitrogen and oxygen atoms in total. The Labute approximate surface area is 110 Å². The molecule has 0 aliphatic rings. The van der Waals surface area contributed by atoms with Gasteiger partial charge in [-0.05, 0) is 24.1 Å². The first kappa shape index (κ1) is 13.0. The lowest BCUT2D eigenvalue weighted by Crippen LogP contribution is -2.31. The van der Waals surface area contributed by atoms with Crippen LogP contribution < -0.4 is 11.3 Å². The quantitative estimate of drug-likeness (QED) is 0.658. The first-order valence-corrected chi connectivity index (χ1v) is 5.87. The molecule has 0 saturated carbocycles. The number of halogens is 2. The predicted molar refractivity (Wildman–Crippen MR) is 68.4 cm³/mol. The van der Waals surface area contributed by atoms with Crippen LogP contribution in [0.2, 0.25) is 5.02 Å². The maximum atomic E-state index is 13.1. The van der Waals surface area contributed by atoms with Crippen molar-refractivity contribution in [2.75, 3.05) is 0 Å². The van der Waals surface area contributed by atoms with Crippen LogP contribution in [-0.4, -0.2) is 9.78 Å². The molecule has 2 aromatic rings. The van der Waals surface area contributed by atoms with E-state index in [1.54, 1.807) is 24.0 Å². The second-order valence-corrected chi connectivity index (χ2v) is 4.46. The summed E-state index contributed by atoms with van der Waals surface area (Å²) < 4.78 is 14.8. The topological polar surface area (TPSA) is 55.9 Å². The predicted octanol–water partition coefficient (Wildman–Crippen LogP) is 1.96. The third kappa shape index (κ3) is 2.69. The van der Waals surface area contributed by atoms with Gasteiger partial charge < -0.3 is 0 Å². The van der Waals surface area contributed by atoms with E-state index in [1.165, 1.54) is 12.1 Å². The highest BCUT2D eigenvalue weighted by molar-refractivity contribution is 6.31. The summed E-state index contributed by atoms with van der Waals surface area (Å²) in [7, 11) is 1.79. The Morgan fingerprint density at radius 1 is 1.56 bits per heavy atom. The lowest BCUT2D eigenvalue weighted by Gasteiger charge is -2.17. The fraction of sp³-hybridized carbons (Fsp3) is 0.250. The zero-order chi connectivity index (χ0) is 13.1. The third-order valence-electron chi connectivity index (χ3n) is 2.80.